The van der Waals surface area contributed by atoms with Gasteiger partial charge in [-0.05, 0) is 61.8 Å². The highest BCUT2D eigenvalue weighted by atomic mass is 16.2. The number of pyridine rings is 1. The lowest BCUT2D eigenvalue weighted by molar-refractivity contribution is -0.144. The summed E-state index contributed by atoms with van der Waals surface area (Å²) in [4.78, 5) is 33.4. The normalized spacial score (nSPS) is 20.1. The molecule has 2 amide bonds. The molecular weight excluding hydrogens is 366 g/mol. The third-order valence-corrected chi connectivity index (χ3v) is 6.49. The second-order valence-electron chi connectivity index (χ2n) is 8.60. The van der Waals surface area contributed by atoms with Gasteiger partial charge < -0.3 is 9.80 Å². The summed E-state index contributed by atoms with van der Waals surface area (Å²) in [5, 5.41) is 4.29. The summed E-state index contributed by atoms with van der Waals surface area (Å²) >= 11 is 0. The van der Waals surface area contributed by atoms with Gasteiger partial charge in [-0.1, -0.05) is 0 Å². The Morgan fingerprint density at radius 2 is 1.93 bits per heavy atom. The molecular formula is C22H29N5O2. The van der Waals surface area contributed by atoms with Gasteiger partial charge in [-0.3, -0.25) is 19.3 Å². The fourth-order valence-corrected chi connectivity index (χ4v) is 4.59. The fourth-order valence-electron chi connectivity index (χ4n) is 4.59. The molecule has 7 nitrogen and oxygen atoms in total. The number of hydrogen-bond donors (Lipinski definition) is 0. The number of hydrogen-bond acceptors (Lipinski definition) is 4. The van der Waals surface area contributed by atoms with Gasteiger partial charge in [0.2, 0.25) is 11.8 Å². The molecule has 2 aliphatic heterocycles. The smallest absolute Gasteiger partial charge is 0.247 e. The van der Waals surface area contributed by atoms with Crippen LogP contribution in [0.2, 0.25) is 0 Å². The van der Waals surface area contributed by atoms with Crippen LogP contribution in [0.15, 0.2) is 36.9 Å². The Labute approximate surface area is 171 Å². The Hall–Kier alpha value is -2.70. The minimum Gasteiger partial charge on any atom is -0.341 e. The van der Waals surface area contributed by atoms with Gasteiger partial charge in [-0.15, -0.1) is 0 Å². The van der Waals surface area contributed by atoms with Crippen molar-refractivity contribution in [1.82, 2.24) is 24.6 Å². The highest BCUT2D eigenvalue weighted by Gasteiger charge is 2.42. The van der Waals surface area contributed by atoms with Crippen molar-refractivity contribution < 1.29 is 9.59 Å². The summed E-state index contributed by atoms with van der Waals surface area (Å²) in [5.41, 5.74) is 2.30. The minimum absolute atomic E-state index is 0.128. The molecule has 2 aromatic heterocycles. The van der Waals surface area contributed by atoms with Crippen molar-refractivity contribution in [3.05, 3.63) is 48.0 Å². The molecule has 29 heavy (non-hydrogen) atoms. The standard InChI is InChI=1S/C22H29N5O2/c1-17-13-24-27(14-17)18(2)21(29)25-11-7-22(8-12-25)6-3-20(28)26(16-22)15-19-4-9-23-10-5-19/h4-5,9-10,13-14,18H,3,6-8,11-12,15-16H2,1-2H3. The van der Waals surface area contributed by atoms with Crippen molar-refractivity contribution in [3.63, 3.8) is 0 Å². The molecule has 0 radical (unpaired) electrons. The van der Waals surface area contributed by atoms with Crippen molar-refractivity contribution >= 4 is 11.8 Å². The Balaban J connectivity index is 1.37. The largest absolute Gasteiger partial charge is 0.341 e. The number of carbonyl (C=O) groups is 2. The average Bonchev–Trinajstić information content (AvgIpc) is 3.17. The molecule has 0 saturated carbocycles. The number of rotatable bonds is 4. The zero-order valence-electron chi connectivity index (χ0n) is 17.3. The van der Waals surface area contributed by atoms with Crippen LogP contribution in [0.1, 0.15) is 49.8 Å². The molecule has 7 heteroatoms. The van der Waals surface area contributed by atoms with Crippen molar-refractivity contribution in [2.45, 2.75) is 52.1 Å². The van der Waals surface area contributed by atoms with Crippen molar-refractivity contribution in [1.29, 1.82) is 0 Å². The highest BCUT2D eigenvalue weighted by Crippen LogP contribution is 2.41. The lowest BCUT2D eigenvalue weighted by Crippen LogP contribution is -2.52. The van der Waals surface area contributed by atoms with E-state index in [4.69, 9.17) is 0 Å². The molecule has 0 aromatic carbocycles. The molecule has 1 atom stereocenters. The van der Waals surface area contributed by atoms with Crippen LogP contribution in [0, 0.1) is 12.3 Å². The predicted octanol–water partition coefficient (Wildman–Crippen LogP) is 2.58. The summed E-state index contributed by atoms with van der Waals surface area (Å²) < 4.78 is 1.75. The van der Waals surface area contributed by atoms with Gasteiger partial charge in [0.05, 0.1) is 6.20 Å². The lowest BCUT2D eigenvalue weighted by Gasteiger charge is -2.47. The second-order valence-corrected chi connectivity index (χ2v) is 8.60. The molecule has 154 valence electrons. The molecule has 2 fully saturated rings. The van der Waals surface area contributed by atoms with Crippen LogP contribution in [-0.4, -0.2) is 56.0 Å². The van der Waals surface area contributed by atoms with Crippen LogP contribution in [0.5, 0.6) is 0 Å². The number of carbonyl (C=O) groups excluding carboxylic acids is 2. The molecule has 4 rings (SSSR count). The molecule has 2 aliphatic rings. The maximum absolute atomic E-state index is 12.9. The number of likely N-dealkylation sites (tertiary alicyclic amines) is 2. The summed E-state index contributed by atoms with van der Waals surface area (Å²) in [6, 6.07) is 3.65. The monoisotopic (exact) mass is 395 g/mol. The quantitative estimate of drug-likeness (QED) is 0.798. The first-order chi connectivity index (χ1) is 14.0. The van der Waals surface area contributed by atoms with E-state index >= 15 is 0 Å². The number of piperidine rings is 2. The van der Waals surface area contributed by atoms with E-state index < -0.39 is 0 Å². The fraction of sp³-hybridized carbons (Fsp3) is 0.545. The molecule has 1 unspecified atom stereocenters. The number of nitrogens with zero attached hydrogens (tertiary/aromatic N) is 5. The van der Waals surface area contributed by atoms with Crippen LogP contribution in [0.25, 0.3) is 0 Å². The number of amides is 2. The van der Waals surface area contributed by atoms with Crippen LogP contribution < -0.4 is 0 Å². The van der Waals surface area contributed by atoms with Gasteiger partial charge >= 0.3 is 0 Å². The first kappa shape index (κ1) is 19.6. The van der Waals surface area contributed by atoms with E-state index in [0.29, 0.717) is 13.0 Å². The van der Waals surface area contributed by atoms with E-state index in [2.05, 4.69) is 10.1 Å². The Morgan fingerprint density at radius 1 is 1.21 bits per heavy atom. The minimum atomic E-state index is -0.283. The molecule has 0 N–H and O–H groups in total. The van der Waals surface area contributed by atoms with Crippen molar-refractivity contribution in [3.8, 4) is 0 Å². The summed E-state index contributed by atoms with van der Waals surface area (Å²) in [7, 11) is 0. The zero-order chi connectivity index (χ0) is 20.4. The third-order valence-electron chi connectivity index (χ3n) is 6.49. The molecule has 4 heterocycles. The summed E-state index contributed by atoms with van der Waals surface area (Å²) in [5.74, 6) is 0.358. The molecule has 0 aliphatic carbocycles. The Kier molecular flexibility index (Phi) is 5.39. The first-order valence-corrected chi connectivity index (χ1v) is 10.4. The van der Waals surface area contributed by atoms with E-state index in [-0.39, 0.29) is 23.3 Å². The van der Waals surface area contributed by atoms with Crippen LogP contribution >= 0.6 is 0 Å². The highest BCUT2D eigenvalue weighted by molar-refractivity contribution is 5.80. The Bertz CT molecular complexity index is 870. The van der Waals surface area contributed by atoms with E-state index in [1.54, 1.807) is 23.3 Å². The molecule has 2 aromatic rings. The third kappa shape index (κ3) is 4.18. The zero-order valence-corrected chi connectivity index (χ0v) is 17.3. The molecule has 2 saturated heterocycles. The van der Waals surface area contributed by atoms with Gasteiger partial charge in [0.15, 0.2) is 0 Å². The SMILES string of the molecule is Cc1cnn(C(C)C(=O)N2CCC3(CCC(=O)N(Cc4ccncc4)C3)CC2)c1. The van der Waals surface area contributed by atoms with Crippen molar-refractivity contribution in [2.24, 2.45) is 5.41 Å². The van der Waals surface area contributed by atoms with Crippen LogP contribution in [-0.2, 0) is 16.1 Å². The lowest BCUT2D eigenvalue weighted by atomic mass is 9.72. The van der Waals surface area contributed by atoms with Gasteiger partial charge in [0, 0.05) is 51.2 Å². The maximum Gasteiger partial charge on any atom is 0.247 e. The maximum atomic E-state index is 12.9. The predicted molar refractivity (Wildman–Crippen MR) is 109 cm³/mol. The van der Waals surface area contributed by atoms with E-state index in [0.717, 1.165) is 50.0 Å². The average molecular weight is 396 g/mol. The summed E-state index contributed by atoms with van der Waals surface area (Å²) in [6.45, 7) is 6.81. The second kappa shape index (κ2) is 7.97. The van der Waals surface area contributed by atoms with Gasteiger partial charge in [0.1, 0.15) is 6.04 Å². The van der Waals surface area contributed by atoms with Gasteiger partial charge in [0.25, 0.3) is 0 Å². The van der Waals surface area contributed by atoms with Crippen LogP contribution in [0.4, 0.5) is 0 Å². The Morgan fingerprint density at radius 3 is 2.59 bits per heavy atom. The van der Waals surface area contributed by atoms with Crippen molar-refractivity contribution in [2.75, 3.05) is 19.6 Å². The van der Waals surface area contributed by atoms with Gasteiger partial charge in [-0.2, -0.15) is 5.10 Å². The molecule has 0 bridgehead atoms. The number of aryl methyl sites for hydroxylation is 1. The summed E-state index contributed by atoms with van der Waals surface area (Å²) in [6.07, 6.45) is 10.7. The van der Waals surface area contributed by atoms with E-state index in [9.17, 15) is 9.59 Å². The number of aromatic nitrogens is 3. The van der Waals surface area contributed by atoms with E-state index in [1.807, 2.05) is 42.0 Å². The first-order valence-electron chi connectivity index (χ1n) is 10.4. The molecule has 1 spiro atoms. The van der Waals surface area contributed by atoms with E-state index in [1.165, 1.54) is 0 Å². The topological polar surface area (TPSA) is 71.3 Å². The van der Waals surface area contributed by atoms with Crippen LogP contribution in [0.3, 0.4) is 0 Å². The van der Waals surface area contributed by atoms with Gasteiger partial charge in [-0.25, -0.2) is 0 Å².